The van der Waals surface area contributed by atoms with Gasteiger partial charge in [0.25, 0.3) is 0 Å². The normalized spacial score (nSPS) is 18.0. The number of amides is 2. The average molecular weight is 327 g/mol. The standard InChI is InChI=1S/C13H21N5O3S/c1-9-15-13(17-16-9)22-8-11(19)14-6-10-5-12(20)18(7-10)3-4-21-2/h10H,3-8H2,1-2H3,(H,14,19)(H,15,16,17). The first kappa shape index (κ1) is 16.8. The van der Waals surface area contributed by atoms with Crippen LogP contribution in [-0.2, 0) is 14.3 Å². The highest BCUT2D eigenvalue weighted by molar-refractivity contribution is 7.99. The number of H-pyrrole nitrogens is 1. The van der Waals surface area contributed by atoms with Gasteiger partial charge in [-0.2, -0.15) is 0 Å². The molecule has 1 unspecified atom stereocenters. The van der Waals surface area contributed by atoms with Crippen LogP contribution in [0.3, 0.4) is 0 Å². The average Bonchev–Trinajstić information content (AvgIpc) is 3.06. The number of aryl methyl sites for hydroxylation is 1. The van der Waals surface area contributed by atoms with Gasteiger partial charge in [-0.05, 0) is 6.92 Å². The lowest BCUT2D eigenvalue weighted by atomic mass is 10.1. The molecule has 1 aromatic heterocycles. The summed E-state index contributed by atoms with van der Waals surface area (Å²) in [4.78, 5) is 29.5. The minimum absolute atomic E-state index is 0.0738. The van der Waals surface area contributed by atoms with Gasteiger partial charge in [0.05, 0.1) is 12.4 Å². The molecule has 8 nitrogen and oxygen atoms in total. The molecule has 9 heteroatoms. The summed E-state index contributed by atoms with van der Waals surface area (Å²) in [7, 11) is 1.62. The number of methoxy groups -OCH3 is 1. The molecule has 0 aliphatic carbocycles. The molecule has 1 fully saturated rings. The first-order valence-electron chi connectivity index (χ1n) is 7.13. The molecule has 2 amide bonds. The van der Waals surface area contributed by atoms with Gasteiger partial charge < -0.3 is 15.0 Å². The Kier molecular flexibility index (Phi) is 6.20. The van der Waals surface area contributed by atoms with Crippen LogP contribution >= 0.6 is 11.8 Å². The van der Waals surface area contributed by atoms with E-state index in [0.717, 1.165) is 5.82 Å². The van der Waals surface area contributed by atoms with E-state index in [1.165, 1.54) is 11.8 Å². The fourth-order valence-corrected chi connectivity index (χ4v) is 2.91. The summed E-state index contributed by atoms with van der Waals surface area (Å²) < 4.78 is 4.98. The molecule has 1 aromatic rings. The molecule has 22 heavy (non-hydrogen) atoms. The van der Waals surface area contributed by atoms with Crippen LogP contribution in [0.4, 0.5) is 0 Å². The van der Waals surface area contributed by atoms with Crippen molar-refractivity contribution in [2.24, 2.45) is 5.92 Å². The van der Waals surface area contributed by atoms with E-state index in [0.29, 0.717) is 37.8 Å². The molecule has 1 atom stereocenters. The van der Waals surface area contributed by atoms with E-state index in [4.69, 9.17) is 4.74 Å². The lowest BCUT2D eigenvalue weighted by molar-refractivity contribution is -0.128. The summed E-state index contributed by atoms with van der Waals surface area (Å²) in [6.45, 7) is 4.15. The van der Waals surface area contributed by atoms with Crippen molar-refractivity contribution in [1.82, 2.24) is 25.4 Å². The lowest BCUT2D eigenvalue weighted by Crippen LogP contribution is -2.33. The highest BCUT2D eigenvalue weighted by atomic mass is 32.2. The molecule has 2 heterocycles. The number of likely N-dealkylation sites (tertiary alicyclic amines) is 1. The number of hydrogen-bond donors (Lipinski definition) is 2. The van der Waals surface area contributed by atoms with E-state index in [-0.39, 0.29) is 23.5 Å². The third-order valence-electron chi connectivity index (χ3n) is 3.36. The number of carbonyl (C=O) groups excluding carboxylic acids is 2. The number of aromatic amines is 1. The van der Waals surface area contributed by atoms with Gasteiger partial charge in [-0.1, -0.05) is 11.8 Å². The Hall–Kier alpha value is -1.61. The van der Waals surface area contributed by atoms with Gasteiger partial charge in [0.2, 0.25) is 17.0 Å². The molecule has 122 valence electrons. The van der Waals surface area contributed by atoms with Crippen molar-refractivity contribution in [2.45, 2.75) is 18.5 Å². The second kappa shape index (κ2) is 8.14. The Morgan fingerprint density at radius 3 is 3.09 bits per heavy atom. The van der Waals surface area contributed by atoms with Gasteiger partial charge in [0, 0.05) is 39.1 Å². The third kappa shape index (κ3) is 4.99. The van der Waals surface area contributed by atoms with Crippen molar-refractivity contribution in [3.8, 4) is 0 Å². The molecule has 0 saturated carbocycles. The van der Waals surface area contributed by atoms with Crippen LogP contribution in [0, 0.1) is 12.8 Å². The summed E-state index contributed by atoms with van der Waals surface area (Å²) in [5.74, 6) is 1.22. The monoisotopic (exact) mass is 327 g/mol. The summed E-state index contributed by atoms with van der Waals surface area (Å²) in [6, 6.07) is 0. The Balaban J connectivity index is 1.65. The number of ether oxygens (including phenoxy) is 1. The fourth-order valence-electron chi connectivity index (χ4n) is 2.23. The number of hydrogen-bond acceptors (Lipinski definition) is 6. The van der Waals surface area contributed by atoms with Crippen molar-refractivity contribution in [3.63, 3.8) is 0 Å². The second-order valence-corrected chi connectivity index (χ2v) is 6.14. The van der Waals surface area contributed by atoms with Crippen molar-refractivity contribution >= 4 is 23.6 Å². The molecule has 0 spiro atoms. The maximum absolute atomic E-state index is 11.8. The van der Waals surface area contributed by atoms with Crippen molar-refractivity contribution in [1.29, 1.82) is 0 Å². The number of rotatable bonds is 8. The summed E-state index contributed by atoms with van der Waals surface area (Å²) in [5.41, 5.74) is 0. The molecule has 1 aliphatic heterocycles. The summed E-state index contributed by atoms with van der Waals surface area (Å²) >= 11 is 1.28. The molecular weight excluding hydrogens is 306 g/mol. The quantitative estimate of drug-likeness (QED) is 0.642. The maximum Gasteiger partial charge on any atom is 0.230 e. The molecule has 0 bridgehead atoms. The predicted octanol–water partition coefficient (Wildman–Crippen LogP) is -0.184. The maximum atomic E-state index is 11.8. The molecule has 1 aliphatic rings. The molecular formula is C13H21N5O3S. The summed E-state index contributed by atoms with van der Waals surface area (Å²) in [6.07, 6.45) is 0.483. The molecule has 1 saturated heterocycles. The Morgan fingerprint density at radius 2 is 2.41 bits per heavy atom. The fraction of sp³-hybridized carbons (Fsp3) is 0.692. The highest BCUT2D eigenvalue weighted by Crippen LogP contribution is 2.17. The van der Waals surface area contributed by atoms with Crippen LogP contribution in [-0.4, -0.2) is 71.0 Å². The third-order valence-corrected chi connectivity index (χ3v) is 4.20. The minimum Gasteiger partial charge on any atom is -0.383 e. The van der Waals surface area contributed by atoms with Crippen molar-refractivity contribution < 1.29 is 14.3 Å². The summed E-state index contributed by atoms with van der Waals surface area (Å²) in [5, 5.41) is 10.1. The van der Waals surface area contributed by atoms with E-state index in [1.54, 1.807) is 12.0 Å². The molecule has 2 N–H and O–H groups in total. The predicted molar refractivity (Wildman–Crippen MR) is 81.4 cm³/mol. The Morgan fingerprint density at radius 1 is 1.59 bits per heavy atom. The van der Waals surface area contributed by atoms with Crippen LogP contribution < -0.4 is 5.32 Å². The first-order chi connectivity index (χ1) is 10.6. The zero-order valence-electron chi connectivity index (χ0n) is 12.8. The van der Waals surface area contributed by atoms with Crippen molar-refractivity contribution in [3.05, 3.63) is 5.82 Å². The lowest BCUT2D eigenvalue weighted by Gasteiger charge is -2.16. The highest BCUT2D eigenvalue weighted by Gasteiger charge is 2.29. The first-order valence-corrected chi connectivity index (χ1v) is 8.12. The Bertz CT molecular complexity index is 522. The van der Waals surface area contributed by atoms with Crippen LogP contribution in [0.1, 0.15) is 12.2 Å². The molecule has 0 aromatic carbocycles. The van der Waals surface area contributed by atoms with Crippen LogP contribution in [0.25, 0.3) is 0 Å². The van der Waals surface area contributed by atoms with Crippen LogP contribution in [0.2, 0.25) is 0 Å². The van der Waals surface area contributed by atoms with E-state index in [1.807, 2.05) is 6.92 Å². The van der Waals surface area contributed by atoms with Gasteiger partial charge >= 0.3 is 0 Å². The zero-order valence-corrected chi connectivity index (χ0v) is 13.6. The number of thioether (sulfide) groups is 1. The van der Waals surface area contributed by atoms with E-state index < -0.39 is 0 Å². The largest absolute Gasteiger partial charge is 0.383 e. The van der Waals surface area contributed by atoms with Crippen LogP contribution in [0.5, 0.6) is 0 Å². The van der Waals surface area contributed by atoms with Crippen LogP contribution in [0.15, 0.2) is 5.16 Å². The van der Waals surface area contributed by atoms with Gasteiger partial charge in [0.15, 0.2) is 0 Å². The number of aromatic nitrogens is 3. The van der Waals surface area contributed by atoms with E-state index >= 15 is 0 Å². The SMILES string of the molecule is COCCN1CC(CNC(=O)CSc2n[nH]c(C)n2)CC1=O. The van der Waals surface area contributed by atoms with Gasteiger partial charge in [-0.15, -0.1) is 5.10 Å². The Labute approximate surface area is 133 Å². The van der Waals surface area contributed by atoms with Crippen molar-refractivity contribution in [2.75, 3.05) is 39.1 Å². The van der Waals surface area contributed by atoms with Gasteiger partial charge in [-0.3, -0.25) is 14.7 Å². The topological polar surface area (TPSA) is 100 Å². The molecule has 0 radical (unpaired) electrons. The van der Waals surface area contributed by atoms with E-state index in [2.05, 4.69) is 20.5 Å². The van der Waals surface area contributed by atoms with Gasteiger partial charge in [0.1, 0.15) is 5.82 Å². The van der Waals surface area contributed by atoms with Gasteiger partial charge in [-0.25, -0.2) is 4.98 Å². The smallest absolute Gasteiger partial charge is 0.230 e. The second-order valence-electron chi connectivity index (χ2n) is 5.20. The number of nitrogens with zero attached hydrogens (tertiary/aromatic N) is 3. The zero-order chi connectivity index (χ0) is 15.9. The number of nitrogens with one attached hydrogen (secondary N) is 2. The molecule has 2 rings (SSSR count). The number of carbonyl (C=O) groups is 2. The minimum atomic E-state index is -0.0738. The van der Waals surface area contributed by atoms with E-state index in [9.17, 15) is 9.59 Å².